The van der Waals surface area contributed by atoms with Crippen LogP contribution in [0.15, 0.2) is 18.2 Å². The van der Waals surface area contributed by atoms with E-state index in [9.17, 15) is 0 Å². The van der Waals surface area contributed by atoms with E-state index in [1.165, 1.54) is 0 Å². The fraction of sp³-hybridized carbons (Fsp3) is 0.300. The zero-order chi connectivity index (χ0) is 9.68. The molecule has 68 valence electrons. The van der Waals surface area contributed by atoms with Gasteiger partial charge in [0.1, 0.15) is 0 Å². The number of aryl methyl sites for hydroxylation is 1. The highest BCUT2D eigenvalue weighted by Crippen LogP contribution is 2.13. The van der Waals surface area contributed by atoms with Gasteiger partial charge in [-0.1, -0.05) is 0 Å². The Balaban J connectivity index is 2.79. The molecule has 3 N–H and O–H groups in total. The van der Waals surface area contributed by atoms with Crippen LogP contribution in [-0.4, -0.2) is 13.1 Å². The monoisotopic (exact) mass is 175 g/mol. The van der Waals surface area contributed by atoms with Crippen molar-refractivity contribution in [3.05, 3.63) is 29.3 Å². The summed E-state index contributed by atoms with van der Waals surface area (Å²) in [7, 11) is 0. The summed E-state index contributed by atoms with van der Waals surface area (Å²) in [5.41, 5.74) is 8.08. The van der Waals surface area contributed by atoms with Gasteiger partial charge in [-0.05, 0) is 30.7 Å². The maximum absolute atomic E-state index is 8.69. The molecule has 0 bridgehead atoms. The van der Waals surface area contributed by atoms with Crippen LogP contribution in [0.3, 0.4) is 0 Å². The van der Waals surface area contributed by atoms with Crippen molar-refractivity contribution in [2.75, 3.05) is 18.4 Å². The van der Waals surface area contributed by atoms with Crippen molar-refractivity contribution >= 4 is 5.69 Å². The number of rotatable bonds is 3. The molecular weight excluding hydrogens is 162 g/mol. The second-order valence-electron chi connectivity index (χ2n) is 2.86. The van der Waals surface area contributed by atoms with Gasteiger partial charge in [0.15, 0.2) is 0 Å². The van der Waals surface area contributed by atoms with E-state index in [2.05, 4.69) is 11.4 Å². The van der Waals surface area contributed by atoms with Crippen molar-refractivity contribution in [3.63, 3.8) is 0 Å². The average Bonchev–Trinajstić information content (AvgIpc) is 2.15. The predicted molar refractivity (Wildman–Crippen MR) is 53.4 cm³/mol. The van der Waals surface area contributed by atoms with Crippen molar-refractivity contribution in [2.24, 2.45) is 5.73 Å². The first-order valence-corrected chi connectivity index (χ1v) is 4.22. The summed E-state index contributed by atoms with van der Waals surface area (Å²) in [6.45, 7) is 3.29. The molecule has 0 aliphatic heterocycles. The van der Waals surface area contributed by atoms with Gasteiger partial charge in [-0.25, -0.2) is 0 Å². The zero-order valence-corrected chi connectivity index (χ0v) is 7.67. The predicted octanol–water partition coefficient (Wildman–Crippen LogP) is 1.24. The standard InChI is InChI=1S/C10H13N3/c1-8-6-10(13-5-4-11)3-2-9(8)7-12/h2-3,6,13H,4-5,11H2,1H3. The molecule has 0 heterocycles. The second kappa shape index (κ2) is 4.48. The molecule has 0 aliphatic carbocycles. The van der Waals surface area contributed by atoms with E-state index in [4.69, 9.17) is 11.0 Å². The first kappa shape index (κ1) is 9.56. The molecule has 0 saturated carbocycles. The number of benzene rings is 1. The summed E-state index contributed by atoms with van der Waals surface area (Å²) in [5, 5.41) is 11.8. The molecule has 0 amide bonds. The quantitative estimate of drug-likeness (QED) is 0.726. The van der Waals surface area contributed by atoms with Gasteiger partial charge in [0.2, 0.25) is 0 Å². The topological polar surface area (TPSA) is 61.8 Å². The van der Waals surface area contributed by atoms with Gasteiger partial charge in [-0.3, -0.25) is 0 Å². The van der Waals surface area contributed by atoms with Crippen molar-refractivity contribution < 1.29 is 0 Å². The highest BCUT2D eigenvalue weighted by Gasteiger charge is 1.97. The van der Waals surface area contributed by atoms with Crippen molar-refractivity contribution in [3.8, 4) is 6.07 Å². The van der Waals surface area contributed by atoms with Crippen LogP contribution in [0.4, 0.5) is 5.69 Å². The highest BCUT2D eigenvalue weighted by atomic mass is 14.9. The van der Waals surface area contributed by atoms with Gasteiger partial charge >= 0.3 is 0 Å². The molecule has 0 radical (unpaired) electrons. The summed E-state index contributed by atoms with van der Waals surface area (Å²) in [6.07, 6.45) is 0. The molecule has 13 heavy (non-hydrogen) atoms. The Morgan fingerprint density at radius 2 is 2.31 bits per heavy atom. The lowest BCUT2D eigenvalue weighted by Gasteiger charge is -2.05. The van der Waals surface area contributed by atoms with Crippen molar-refractivity contribution in [1.82, 2.24) is 0 Å². The Morgan fingerprint density at radius 3 is 2.85 bits per heavy atom. The molecule has 1 aromatic rings. The Hall–Kier alpha value is -1.53. The molecule has 0 unspecified atom stereocenters. The molecule has 0 fully saturated rings. The molecule has 0 spiro atoms. The number of hydrogen-bond donors (Lipinski definition) is 2. The van der Waals surface area contributed by atoms with E-state index in [1.54, 1.807) is 0 Å². The molecule has 0 aromatic heterocycles. The van der Waals surface area contributed by atoms with Gasteiger partial charge < -0.3 is 11.1 Å². The lowest BCUT2D eigenvalue weighted by Crippen LogP contribution is -2.13. The molecule has 0 saturated heterocycles. The van der Waals surface area contributed by atoms with Crippen LogP contribution in [0.1, 0.15) is 11.1 Å². The van der Waals surface area contributed by atoms with Gasteiger partial charge in [-0.2, -0.15) is 5.26 Å². The third kappa shape index (κ3) is 2.46. The van der Waals surface area contributed by atoms with E-state index in [1.807, 2.05) is 25.1 Å². The number of hydrogen-bond acceptors (Lipinski definition) is 3. The Labute approximate surface area is 78.2 Å². The number of nitrogens with two attached hydrogens (primary N) is 1. The molecule has 0 aliphatic rings. The van der Waals surface area contributed by atoms with E-state index < -0.39 is 0 Å². The van der Waals surface area contributed by atoms with Gasteiger partial charge in [0.05, 0.1) is 11.6 Å². The summed E-state index contributed by atoms with van der Waals surface area (Å²) < 4.78 is 0. The smallest absolute Gasteiger partial charge is 0.0994 e. The van der Waals surface area contributed by atoms with Crippen LogP contribution in [0.2, 0.25) is 0 Å². The van der Waals surface area contributed by atoms with Crippen LogP contribution in [0.5, 0.6) is 0 Å². The minimum atomic E-state index is 0.610. The average molecular weight is 175 g/mol. The first-order chi connectivity index (χ1) is 6.27. The van der Waals surface area contributed by atoms with Crippen LogP contribution < -0.4 is 11.1 Å². The maximum atomic E-state index is 8.69. The van der Waals surface area contributed by atoms with E-state index in [0.29, 0.717) is 6.54 Å². The Morgan fingerprint density at radius 1 is 1.54 bits per heavy atom. The highest BCUT2D eigenvalue weighted by molar-refractivity contribution is 5.51. The molecule has 0 atom stereocenters. The third-order valence-electron chi connectivity index (χ3n) is 1.82. The SMILES string of the molecule is Cc1cc(NCCN)ccc1C#N. The molecule has 1 rings (SSSR count). The van der Waals surface area contributed by atoms with Crippen molar-refractivity contribution in [2.45, 2.75) is 6.92 Å². The fourth-order valence-electron chi connectivity index (χ4n) is 1.12. The number of nitrogens with zero attached hydrogens (tertiary/aromatic N) is 1. The van der Waals surface area contributed by atoms with E-state index in [0.717, 1.165) is 23.4 Å². The van der Waals surface area contributed by atoms with Crippen LogP contribution >= 0.6 is 0 Å². The minimum absolute atomic E-state index is 0.610. The Kier molecular flexibility index (Phi) is 3.30. The maximum Gasteiger partial charge on any atom is 0.0994 e. The fourth-order valence-corrected chi connectivity index (χ4v) is 1.12. The molecular formula is C10H13N3. The molecule has 3 nitrogen and oxygen atoms in total. The first-order valence-electron chi connectivity index (χ1n) is 4.22. The van der Waals surface area contributed by atoms with Gasteiger partial charge in [0.25, 0.3) is 0 Å². The third-order valence-corrected chi connectivity index (χ3v) is 1.82. The van der Waals surface area contributed by atoms with Crippen LogP contribution in [0.25, 0.3) is 0 Å². The van der Waals surface area contributed by atoms with Gasteiger partial charge in [-0.15, -0.1) is 0 Å². The number of nitriles is 1. The summed E-state index contributed by atoms with van der Waals surface area (Å²) in [5.74, 6) is 0. The van der Waals surface area contributed by atoms with Crippen LogP contribution in [-0.2, 0) is 0 Å². The lowest BCUT2D eigenvalue weighted by molar-refractivity contribution is 1.02. The normalized spacial score (nSPS) is 9.31. The minimum Gasteiger partial charge on any atom is -0.384 e. The zero-order valence-electron chi connectivity index (χ0n) is 7.67. The summed E-state index contributed by atoms with van der Waals surface area (Å²) >= 11 is 0. The van der Waals surface area contributed by atoms with E-state index in [-0.39, 0.29) is 0 Å². The largest absolute Gasteiger partial charge is 0.384 e. The molecule has 1 aromatic carbocycles. The Bertz CT molecular complexity index is 325. The van der Waals surface area contributed by atoms with Gasteiger partial charge in [0, 0.05) is 18.8 Å². The van der Waals surface area contributed by atoms with E-state index >= 15 is 0 Å². The second-order valence-corrected chi connectivity index (χ2v) is 2.86. The number of anilines is 1. The number of nitrogens with one attached hydrogen (secondary N) is 1. The summed E-state index contributed by atoms with van der Waals surface area (Å²) in [6, 6.07) is 7.78. The summed E-state index contributed by atoms with van der Waals surface area (Å²) in [4.78, 5) is 0. The van der Waals surface area contributed by atoms with Crippen LogP contribution in [0, 0.1) is 18.3 Å². The van der Waals surface area contributed by atoms with Crippen molar-refractivity contribution in [1.29, 1.82) is 5.26 Å². The lowest BCUT2D eigenvalue weighted by atomic mass is 10.1. The molecule has 3 heteroatoms.